The van der Waals surface area contributed by atoms with E-state index in [0.717, 1.165) is 6.42 Å². The van der Waals surface area contributed by atoms with Gasteiger partial charge >= 0.3 is 12.0 Å². The van der Waals surface area contributed by atoms with Crippen molar-refractivity contribution in [2.75, 3.05) is 13.6 Å². The first-order valence-corrected chi connectivity index (χ1v) is 6.90. The minimum atomic E-state index is -0.859. The molecule has 6 heteroatoms. The van der Waals surface area contributed by atoms with Crippen LogP contribution in [0.25, 0.3) is 0 Å². The molecular formula is C15H19FN2O3. The first kappa shape index (κ1) is 15.3. The largest absolute Gasteiger partial charge is 0.481 e. The molecule has 0 unspecified atom stereocenters. The van der Waals surface area contributed by atoms with Crippen LogP contribution in [0.3, 0.4) is 0 Å². The van der Waals surface area contributed by atoms with Gasteiger partial charge in [0.1, 0.15) is 5.82 Å². The molecule has 0 spiro atoms. The lowest BCUT2D eigenvalue weighted by Crippen LogP contribution is -2.49. The van der Waals surface area contributed by atoms with E-state index in [-0.39, 0.29) is 24.9 Å². The number of carbonyl (C=O) groups excluding carboxylic acids is 1. The van der Waals surface area contributed by atoms with Crippen LogP contribution in [0, 0.1) is 11.2 Å². The van der Waals surface area contributed by atoms with E-state index in [1.807, 2.05) is 0 Å². The number of halogens is 1. The Kier molecular flexibility index (Phi) is 4.45. The highest BCUT2D eigenvalue weighted by Crippen LogP contribution is 2.40. The molecule has 21 heavy (non-hydrogen) atoms. The van der Waals surface area contributed by atoms with Crippen molar-refractivity contribution in [2.24, 2.45) is 5.41 Å². The highest BCUT2D eigenvalue weighted by molar-refractivity contribution is 5.78. The van der Waals surface area contributed by atoms with Gasteiger partial charge in [-0.1, -0.05) is 18.6 Å². The maximum Gasteiger partial charge on any atom is 0.317 e. The Labute approximate surface area is 122 Å². The number of carboxylic acids is 1. The normalized spacial score (nSPS) is 15.9. The number of urea groups is 1. The van der Waals surface area contributed by atoms with Crippen molar-refractivity contribution in [1.29, 1.82) is 0 Å². The second-order valence-corrected chi connectivity index (χ2v) is 5.58. The summed E-state index contributed by atoms with van der Waals surface area (Å²) in [4.78, 5) is 24.6. The smallest absolute Gasteiger partial charge is 0.317 e. The molecule has 0 heterocycles. The van der Waals surface area contributed by atoms with Gasteiger partial charge in [0.15, 0.2) is 0 Å². The second kappa shape index (κ2) is 6.11. The van der Waals surface area contributed by atoms with Crippen molar-refractivity contribution in [3.63, 3.8) is 0 Å². The number of hydrogen-bond acceptors (Lipinski definition) is 2. The first-order valence-electron chi connectivity index (χ1n) is 6.90. The number of nitrogens with zero attached hydrogens (tertiary/aromatic N) is 1. The standard InChI is InChI=1S/C15H19FN2O3/c1-18(9-11-4-2-5-12(16)8-11)14(21)17-10-15(13(19)20)6-3-7-15/h2,4-5,8H,3,6-7,9-10H2,1H3,(H,17,21)(H,19,20). The average molecular weight is 294 g/mol. The Hall–Kier alpha value is -2.11. The quantitative estimate of drug-likeness (QED) is 0.875. The molecule has 1 aliphatic rings. The number of rotatable bonds is 5. The number of aliphatic carboxylic acids is 1. The van der Waals surface area contributed by atoms with Gasteiger partial charge in [-0.05, 0) is 30.5 Å². The summed E-state index contributed by atoms with van der Waals surface area (Å²) in [6.07, 6.45) is 2.06. The van der Waals surface area contributed by atoms with Crippen LogP contribution in [-0.2, 0) is 11.3 Å². The molecule has 0 aliphatic heterocycles. The summed E-state index contributed by atoms with van der Waals surface area (Å²) in [5, 5.41) is 11.8. The topological polar surface area (TPSA) is 69.6 Å². The van der Waals surface area contributed by atoms with Crippen LogP contribution in [0.2, 0.25) is 0 Å². The van der Waals surface area contributed by atoms with Crippen molar-refractivity contribution in [3.8, 4) is 0 Å². The number of benzene rings is 1. The molecule has 1 aliphatic carbocycles. The Morgan fingerprint density at radius 1 is 1.43 bits per heavy atom. The number of hydrogen-bond donors (Lipinski definition) is 2. The lowest BCUT2D eigenvalue weighted by molar-refractivity contribution is -0.153. The monoisotopic (exact) mass is 294 g/mol. The molecule has 0 radical (unpaired) electrons. The van der Waals surface area contributed by atoms with Gasteiger partial charge in [-0.2, -0.15) is 0 Å². The van der Waals surface area contributed by atoms with E-state index in [1.54, 1.807) is 19.2 Å². The third kappa shape index (κ3) is 3.51. The van der Waals surface area contributed by atoms with Crippen LogP contribution in [0.4, 0.5) is 9.18 Å². The fourth-order valence-electron chi connectivity index (χ4n) is 2.43. The fraction of sp³-hybridized carbons (Fsp3) is 0.467. The second-order valence-electron chi connectivity index (χ2n) is 5.58. The highest BCUT2D eigenvalue weighted by atomic mass is 19.1. The van der Waals surface area contributed by atoms with Crippen molar-refractivity contribution < 1.29 is 19.1 Å². The molecule has 5 nitrogen and oxygen atoms in total. The van der Waals surface area contributed by atoms with Gasteiger partial charge in [0, 0.05) is 20.1 Å². The van der Waals surface area contributed by atoms with Gasteiger partial charge in [0.2, 0.25) is 0 Å². The van der Waals surface area contributed by atoms with Gasteiger partial charge < -0.3 is 15.3 Å². The summed E-state index contributed by atoms with van der Waals surface area (Å²) in [6.45, 7) is 0.401. The molecule has 0 bridgehead atoms. The zero-order chi connectivity index (χ0) is 15.5. The minimum Gasteiger partial charge on any atom is -0.481 e. The van der Waals surface area contributed by atoms with Crippen LogP contribution in [0.15, 0.2) is 24.3 Å². The van der Waals surface area contributed by atoms with Crippen LogP contribution in [0.5, 0.6) is 0 Å². The molecule has 0 aromatic heterocycles. The predicted molar refractivity (Wildman–Crippen MR) is 75.2 cm³/mol. The number of carbonyl (C=O) groups is 2. The molecule has 0 saturated heterocycles. The fourth-order valence-corrected chi connectivity index (χ4v) is 2.43. The molecular weight excluding hydrogens is 275 g/mol. The Balaban J connectivity index is 1.87. The van der Waals surface area contributed by atoms with Gasteiger partial charge in [0.05, 0.1) is 5.41 Å². The third-order valence-corrected chi connectivity index (χ3v) is 4.00. The minimum absolute atomic E-state index is 0.134. The van der Waals surface area contributed by atoms with E-state index in [9.17, 15) is 19.1 Å². The number of nitrogens with one attached hydrogen (secondary N) is 1. The van der Waals surface area contributed by atoms with E-state index in [4.69, 9.17) is 0 Å². The summed E-state index contributed by atoms with van der Waals surface area (Å²) < 4.78 is 13.1. The van der Waals surface area contributed by atoms with Crippen LogP contribution >= 0.6 is 0 Å². The molecule has 114 valence electrons. The van der Waals surface area contributed by atoms with Crippen LogP contribution in [0.1, 0.15) is 24.8 Å². The Morgan fingerprint density at radius 3 is 2.67 bits per heavy atom. The maximum atomic E-state index is 13.1. The number of carboxylic acid groups (broad SMARTS) is 1. The molecule has 1 aromatic rings. The third-order valence-electron chi connectivity index (χ3n) is 4.00. The lowest BCUT2D eigenvalue weighted by Gasteiger charge is -2.37. The summed E-state index contributed by atoms with van der Waals surface area (Å²) >= 11 is 0. The summed E-state index contributed by atoms with van der Waals surface area (Å²) in [6, 6.07) is 5.68. The van der Waals surface area contributed by atoms with Gasteiger partial charge in [-0.25, -0.2) is 9.18 Å². The van der Waals surface area contributed by atoms with E-state index < -0.39 is 11.4 Å². The van der Waals surface area contributed by atoms with Crippen molar-refractivity contribution >= 4 is 12.0 Å². The van der Waals surface area contributed by atoms with Gasteiger partial charge in [-0.15, -0.1) is 0 Å². The average Bonchev–Trinajstić information content (AvgIpc) is 2.36. The SMILES string of the molecule is CN(Cc1cccc(F)c1)C(=O)NCC1(C(=O)O)CCC1. The highest BCUT2D eigenvalue weighted by Gasteiger charge is 2.44. The predicted octanol–water partition coefficient (Wildman–Crippen LogP) is 2.22. The molecule has 1 saturated carbocycles. The van der Waals surface area contributed by atoms with Gasteiger partial charge in [0.25, 0.3) is 0 Å². The Morgan fingerprint density at radius 2 is 2.14 bits per heavy atom. The van der Waals surface area contributed by atoms with Crippen molar-refractivity contribution in [3.05, 3.63) is 35.6 Å². The number of amides is 2. The molecule has 1 fully saturated rings. The Bertz CT molecular complexity index is 543. The first-order chi connectivity index (χ1) is 9.93. The molecule has 1 aromatic carbocycles. The van der Waals surface area contributed by atoms with E-state index in [0.29, 0.717) is 18.4 Å². The zero-order valence-corrected chi connectivity index (χ0v) is 11.9. The molecule has 2 rings (SSSR count). The zero-order valence-electron chi connectivity index (χ0n) is 11.9. The van der Waals surface area contributed by atoms with Crippen LogP contribution in [-0.4, -0.2) is 35.6 Å². The van der Waals surface area contributed by atoms with E-state index >= 15 is 0 Å². The van der Waals surface area contributed by atoms with E-state index in [2.05, 4.69) is 5.32 Å². The molecule has 2 N–H and O–H groups in total. The van der Waals surface area contributed by atoms with Crippen molar-refractivity contribution in [1.82, 2.24) is 10.2 Å². The van der Waals surface area contributed by atoms with E-state index in [1.165, 1.54) is 17.0 Å². The molecule has 0 atom stereocenters. The summed E-state index contributed by atoms with van der Waals surface area (Å²) in [5.74, 6) is -1.21. The lowest BCUT2D eigenvalue weighted by atomic mass is 9.69. The molecule has 2 amide bonds. The van der Waals surface area contributed by atoms with Crippen molar-refractivity contribution in [2.45, 2.75) is 25.8 Å². The van der Waals surface area contributed by atoms with Crippen LogP contribution < -0.4 is 5.32 Å². The summed E-state index contributed by atoms with van der Waals surface area (Å²) in [5.41, 5.74) is -0.126. The van der Waals surface area contributed by atoms with Gasteiger partial charge in [-0.3, -0.25) is 4.79 Å². The summed E-state index contributed by atoms with van der Waals surface area (Å²) in [7, 11) is 1.59. The maximum absolute atomic E-state index is 13.1.